The standard InChI is InChI=1S/C30H27ClF2N4O3/c1-30(2,40-26-24(32)13-20(31)14-25(26)33)29-35-34-27(37(29)21-7-8-21)18-6-11-23-19(12-18)16-36(28(23)38)15-17-4-9-22(39-3)10-5-17/h4-6,9-14,21H,7-8,15-16H2,1-3H3. The summed E-state index contributed by atoms with van der Waals surface area (Å²) in [5.74, 6) is -0.485. The number of aromatic nitrogens is 3. The lowest BCUT2D eigenvalue weighted by atomic mass is 10.0. The normalized spacial score (nSPS) is 14.9. The van der Waals surface area contributed by atoms with E-state index >= 15 is 0 Å². The van der Waals surface area contributed by atoms with Gasteiger partial charge in [-0.25, -0.2) is 8.78 Å². The number of rotatable bonds is 8. The van der Waals surface area contributed by atoms with Crippen molar-refractivity contribution in [2.75, 3.05) is 7.11 Å². The van der Waals surface area contributed by atoms with Gasteiger partial charge in [0.05, 0.1) is 7.11 Å². The van der Waals surface area contributed by atoms with Crippen molar-refractivity contribution in [3.05, 3.63) is 93.8 Å². The molecule has 1 saturated carbocycles. The van der Waals surface area contributed by atoms with E-state index in [0.717, 1.165) is 47.4 Å². The minimum atomic E-state index is -1.20. The predicted molar refractivity (Wildman–Crippen MR) is 145 cm³/mol. The summed E-state index contributed by atoms with van der Waals surface area (Å²) in [5.41, 5.74) is 2.18. The Morgan fingerprint density at radius 2 is 1.73 bits per heavy atom. The molecule has 0 atom stereocenters. The number of hydrogen-bond donors (Lipinski definition) is 0. The molecule has 0 spiro atoms. The summed E-state index contributed by atoms with van der Waals surface area (Å²) in [4.78, 5) is 14.9. The Kier molecular flexibility index (Phi) is 6.49. The van der Waals surface area contributed by atoms with E-state index in [0.29, 0.717) is 30.3 Å². The van der Waals surface area contributed by atoms with Crippen LogP contribution in [0.3, 0.4) is 0 Å². The van der Waals surface area contributed by atoms with Crippen molar-refractivity contribution in [3.8, 4) is 22.9 Å². The largest absolute Gasteiger partial charge is 0.497 e. The van der Waals surface area contributed by atoms with Gasteiger partial charge in [-0.05, 0) is 74.2 Å². The molecule has 1 aliphatic carbocycles. The van der Waals surface area contributed by atoms with Crippen LogP contribution in [0.4, 0.5) is 8.78 Å². The minimum Gasteiger partial charge on any atom is -0.497 e. The molecule has 0 radical (unpaired) electrons. The zero-order valence-corrected chi connectivity index (χ0v) is 23.0. The number of nitrogens with zero attached hydrogens (tertiary/aromatic N) is 4. The van der Waals surface area contributed by atoms with Gasteiger partial charge in [0.1, 0.15) is 5.75 Å². The summed E-state index contributed by atoms with van der Waals surface area (Å²) in [7, 11) is 1.62. The van der Waals surface area contributed by atoms with Gasteiger partial charge in [-0.15, -0.1) is 10.2 Å². The van der Waals surface area contributed by atoms with Crippen molar-refractivity contribution in [1.82, 2.24) is 19.7 Å². The van der Waals surface area contributed by atoms with Crippen molar-refractivity contribution in [2.45, 2.75) is 51.4 Å². The van der Waals surface area contributed by atoms with E-state index < -0.39 is 23.0 Å². The second-order valence-corrected chi connectivity index (χ2v) is 11.1. The van der Waals surface area contributed by atoms with Crippen LogP contribution in [-0.2, 0) is 18.7 Å². The molecular formula is C30H27ClF2N4O3. The maximum atomic E-state index is 14.5. The molecule has 1 fully saturated rings. The highest BCUT2D eigenvalue weighted by Crippen LogP contribution is 2.43. The molecule has 4 aromatic rings. The van der Waals surface area contributed by atoms with Crippen molar-refractivity contribution in [3.63, 3.8) is 0 Å². The molecule has 0 unspecified atom stereocenters. The number of methoxy groups -OCH3 is 1. The summed E-state index contributed by atoms with van der Waals surface area (Å²) >= 11 is 5.78. The van der Waals surface area contributed by atoms with Gasteiger partial charge in [0.2, 0.25) is 0 Å². The van der Waals surface area contributed by atoms with Crippen LogP contribution >= 0.6 is 11.6 Å². The lowest BCUT2D eigenvalue weighted by molar-refractivity contribution is 0.0766. The molecule has 0 saturated heterocycles. The number of ether oxygens (including phenoxy) is 2. The third-order valence-electron chi connectivity index (χ3n) is 7.24. The molecule has 0 bridgehead atoms. The molecule has 2 aliphatic rings. The fourth-order valence-electron chi connectivity index (χ4n) is 5.10. The Balaban J connectivity index is 1.29. The molecule has 0 N–H and O–H groups in total. The van der Waals surface area contributed by atoms with Crippen LogP contribution in [0, 0.1) is 11.6 Å². The fourth-order valence-corrected chi connectivity index (χ4v) is 5.30. The lowest BCUT2D eigenvalue weighted by Gasteiger charge is -2.27. The second-order valence-electron chi connectivity index (χ2n) is 10.6. The predicted octanol–water partition coefficient (Wildman–Crippen LogP) is 6.69. The summed E-state index contributed by atoms with van der Waals surface area (Å²) in [6, 6.07) is 15.5. The smallest absolute Gasteiger partial charge is 0.254 e. The number of benzene rings is 3. The maximum absolute atomic E-state index is 14.5. The molecule has 1 aromatic heterocycles. The van der Waals surface area contributed by atoms with Gasteiger partial charge in [0.25, 0.3) is 5.91 Å². The SMILES string of the molecule is COc1ccc(CN2Cc3cc(-c4nnc(C(C)(C)Oc5c(F)cc(Cl)cc5F)n4C4CC4)ccc3C2=O)cc1. The van der Waals surface area contributed by atoms with E-state index in [2.05, 4.69) is 10.2 Å². The third kappa shape index (κ3) is 4.79. The first kappa shape index (κ1) is 26.3. The van der Waals surface area contributed by atoms with Gasteiger partial charge in [-0.2, -0.15) is 0 Å². The Labute approximate surface area is 235 Å². The van der Waals surface area contributed by atoms with E-state index in [4.69, 9.17) is 21.1 Å². The van der Waals surface area contributed by atoms with Crippen molar-refractivity contribution >= 4 is 17.5 Å². The number of fused-ring (bicyclic) bond motifs is 1. The monoisotopic (exact) mass is 564 g/mol. The Bertz CT molecular complexity index is 1590. The zero-order valence-electron chi connectivity index (χ0n) is 22.2. The molecule has 2 heterocycles. The second kappa shape index (κ2) is 9.89. The first-order valence-corrected chi connectivity index (χ1v) is 13.4. The van der Waals surface area contributed by atoms with Gasteiger partial charge in [0, 0.05) is 35.3 Å². The van der Waals surface area contributed by atoms with Crippen LogP contribution in [0.1, 0.15) is 60.0 Å². The van der Waals surface area contributed by atoms with E-state index in [1.54, 1.807) is 25.9 Å². The van der Waals surface area contributed by atoms with Crippen molar-refractivity contribution in [2.24, 2.45) is 0 Å². The van der Waals surface area contributed by atoms with Gasteiger partial charge in [0.15, 0.2) is 34.6 Å². The van der Waals surface area contributed by atoms with E-state index in [9.17, 15) is 13.6 Å². The maximum Gasteiger partial charge on any atom is 0.254 e. The summed E-state index contributed by atoms with van der Waals surface area (Å²) in [5, 5.41) is 8.84. The van der Waals surface area contributed by atoms with Crippen LogP contribution < -0.4 is 9.47 Å². The molecular weight excluding hydrogens is 538 g/mol. The summed E-state index contributed by atoms with van der Waals surface area (Å²) in [6.45, 7) is 4.36. The molecule has 3 aromatic carbocycles. The van der Waals surface area contributed by atoms with Crippen molar-refractivity contribution < 1.29 is 23.0 Å². The first-order valence-electron chi connectivity index (χ1n) is 13.0. The topological polar surface area (TPSA) is 69.5 Å². The Hall–Kier alpha value is -3.98. The quantitative estimate of drug-likeness (QED) is 0.238. The number of carbonyl (C=O) groups is 1. The van der Waals surface area contributed by atoms with Gasteiger partial charge in [-0.1, -0.05) is 29.8 Å². The number of amides is 1. The third-order valence-corrected chi connectivity index (χ3v) is 7.46. The van der Waals surface area contributed by atoms with Crippen LogP contribution in [-0.4, -0.2) is 32.7 Å². The summed E-state index contributed by atoms with van der Waals surface area (Å²) < 4.78 is 42.1. The zero-order chi connectivity index (χ0) is 28.2. The number of halogens is 3. The molecule has 1 amide bonds. The van der Waals surface area contributed by atoms with E-state index in [1.807, 2.05) is 47.0 Å². The molecule has 206 valence electrons. The first-order chi connectivity index (χ1) is 19.1. The van der Waals surface area contributed by atoms with Crippen molar-refractivity contribution in [1.29, 1.82) is 0 Å². The molecule has 10 heteroatoms. The van der Waals surface area contributed by atoms with Crippen LogP contribution in [0.15, 0.2) is 54.6 Å². The highest BCUT2D eigenvalue weighted by Gasteiger charge is 2.39. The Morgan fingerprint density at radius 3 is 2.38 bits per heavy atom. The van der Waals surface area contributed by atoms with Gasteiger partial charge >= 0.3 is 0 Å². The average Bonchev–Trinajstić information content (AvgIpc) is 3.58. The molecule has 7 nitrogen and oxygen atoms in total. The van der Waals surface area contributed by atoms with E-state index in [1.165, 1.54) is 0 Å². The van der Waals surface area contributed by atoms with Gasteiger partial charge in [-0.3, -0.25) is 4.79 Å². The minimum absolute atomic E-state index is 0.0248. The molecule has 1 aliphatic heterocycles. The molecule has 6 rings (SSSR count). The average molecular weight is 565 g/mol. The lowest BCUT2D eigenvalue weighted by Crippen LogP contribution is -2.30. The fraction of sp³-hybridized carbons (Fsp3) is 0.300. The number of hydrogen-bond acceptors (Lipinski definition) is 5. The highest BCUT2D eigenvalue weighted by molar-refractivity contribution is 6.30. The van der Waals surface area contributed by atoms with Crippen LogP contribution in [0.25, 0.3) is 11.4 Å². The number of carbonyl (C=O) groups excluding carboxylic acids is 1. The highest BCUT2D eigenvalue weighted by atomic mass is 35.5. The van der Waals surface area contributed by atoms with Gasteiger partial charge < -0.3 is 18.9 Å². The Morgan fingerprint density at radius 1 is 1.02 bits per heavy atom. The van der Waals surface area contributed by atoms with E-state index in [-0.39, 0.29) is 17.0 Å². The van der Waals surface area contributed by atoms with Crippen LogP contribution in [0.2, 0.25) is 5.02 Å². The van der Waals surface area contributed by atoms with Crippen LogP contribution in [0.5, 0.6) is 11.5 Å². The molecule has 40 heavy (non-hydrogen) atoms. The summed E-state index contributed by atoms with van der Waals surface area (Å²) in [6.07, 6.45) is 1.85.